The monoisotopic (exact) mass is 265 g/mol. The first kappa shape index (κ1) is 12.5. The molecule has 3 rings (SSSR count). The van der Waals surface area contributed by atoms with E-state index in [2.05, 4.69) is 0 Å². The highest BCUT2D eigenvalue weighted by molar-refractivity contribution is 5.98. The van der Waals surface area contributed by atoms with Crippen molar-refractivity contribution in [3.63, 3.8) is 0 Å². The van der Waals surface area contributed by atoms with Gasteiger partial charge in [-0.05, 0) is 36.8 Å². The number of pyridine rings is 1. The number of aromatic nitrogens is 1. The van der Waals surface area contributed by atoms with E-state index in [1.165, 1.54) is 0 Å². The topological polar surface area (TPSA) is 30.7 Å². The van der Waals surface area contributed by atoms with E-state index < -0.39 is 0 Å². The Hall–Kier alpha value is -2.55. The van der Waals surface area contributed by atoms with Gasteiger partial charge in [0.25, 0.3) is 0 Å². The van der Waals surface area contributed by atoms with Gasteiger partial charge in [0.05, 0.1) is 12.6 Å². The van der Waals surface area contributed by atoms with Gasteiger partial charge in [0, 0.05) is 23.0 Å². The molecule has 0 saturated heterocycles. The van der Waals surface area contributed by atoms with Crippen molar-refractivity contribution < 1.29 is 9.53 Å². The summed E-state index contributed by atoms with van der Waals surface area (Å²) in [5.74, 6) is 0.808. The highest BCUT2D eigenvalue weighted by atomic mass is 16.5. The highest BCUT2D eigenvalue weighted by Gasteiger charge is 2.15. The van der Waals surface area contributed by atoms with Gasteiger partial charge in [-0.1, -0.05) is 18.2 Å². The maximum Gasteiger partial charge on any atom is 0.152 e. The second-order valence-electron chi connectivity index (χ2n) is 4.68. The summed E-state index contributed by atoms with van der Waals surface area (Å²) in [6.07, 6.45) is 2.91. The standard InChI is InChI=1S/C17H15NO2/c1-12-17(13-6-8-14(20-2)9-7-13)15(11-19)16-5-3-4-10-18(12)16/h3-11H,1-2H3. The van der Waals surface area contributed by atoms with Crippen molar-refractivity contribution in [3.05, 3.63) is 59.9 Å². The molecule has 3 aromatic rings. The van der Waals surface area contributed by atoms with Gasteiger partial charge >= 0.3 is 0 Å². The van der Waals surface area contributed by atoms with Crippen LogP contribution in [-0.4, -0.2) is 17.8 Å². The Morgan fingerprint density at radius 2 is 1.85 bits per heavy atom. The van der Waals surface area contributed by atoms with Crippen molar-refractivity contribution in [1.82, 2.24) is 4.40 Å². The van der Waals surface area contributed by atoms with E-state index in [1.807, 2.05) is 60.0 Å². The fraction of sp³-hybridized carbons (Fsp3) is 0.118. The first-order chi connectivity index (χ1) is 9.76. The molecule has 1 aromatic carbocycles. The lowest BCUT2D eigenvalue weighted by Crippen LogP contribution is -1.87. The summed E-state index contributed by atoms with van der Waals surface area (Å²) in [4.78, 5) is 11.5. The van der Waals surface area contributed by atoms with Crippen molar-refractivity contribution in [1.29, 1.82) is 0 Å². The third-order valence-corrected chi connectivity index (χ3v) is 3.62. The van der Waals surface area contributed by atoms with Crippen LogP contribution in [0.1, 0.15) is 16.1 Å². The number of methoxy groups -OCH3 is 1. The molecule has 0 aliphatic carbocycles. The Kier molecular flexibility index (Phi) is 3.03. The minimum atomic E-state index is 0.730. The van der Waals surface area contributed by atoms with Crippen LogP contribution in [0.2, 0.25) is 0 Å². The quantitative estimate of drug-likeness (QED) is 0.675. The van der Waals surface area contributed by atoms with E-state index in [0.29, 0.717) is 0 Å². The van der Waals surface area contributed by atoms with E-state index in [0.717, 1.165) is 39.9 Å². The molecule has 0 atom stereocenters. The predicted molar refractivity (Wildman–Crippen MR) is 79.5 cm³/mol. The smallest absolute Gasteiger partial charge is 0.152 e. The third-order valence-electron chi connectivity index (χ3n) is 3.62. The summed E-state index contributed by atoms with van der Waals surface area (Å²) in [5, 5.41) is 0. The van der Waals surface area contributed by atoms with E-state index >= 15 is 0 Å². The molecule has 0 saturated carbocycles. The number of hydrogen-bond acceptors (Lipinski definition) is 2. The van der Waals surface area contributed by atoms with Gasteiger partial charge in [-0.2, -0.15) is 0 Å². The van der Waals surface area contributed by atoms with Crippen LogP contribution in [0.4, 0.5) is 0 Å². The zero-order chi connectivity index (χ0) is 14.1. The van der Waals surface area contributed by atoms with E-state index in [1.54, 1.807) is 7.11 Å². The second kappa shape index (κ2) is 4.85. The van der Waals surface area contributed by atoms with Gasteiger partial charge in [-0.25, -0.2) is 0 Å². The SMILES string of the molecule is COc1ccc(-c2c(C=O)c3ccccn3c2C)cc1. The number of rotatable bonds is 3. The average molecular weight is 265 g/mol. The van der Waals surface area contributed by atoms with Gasteiger partial charge in [-0.15, -0.1) is 0 Å². The first-order valence-corrected chi connectivity index (χ1v) is 6.45. The van der Waals surface area contributed by atoms with Crippen LogP contribution in [0.15, 0.2) is 48.7 Å². The molecule has 3 heteroatoms. The van der Waals surface area contributed by atoms with Crippen LogP contribution >= 0.6 is 0 Å². The molecule has 20 heavy (non-hydrogen) atoms. The van der Waals surface area contributed by atoms with Crippen LogP contribution in [0, 0.1) is 6.92 Å². The van der Waals surface area contributed by atoms with Gasteiger partial charge in [0.1, 0.15) is 5.75 Å². The fourth-order valence-corrected chi connectivity index (χ4v) is 2.64. The maximum absolute atomic E-state index is 11.5. The summed E-state index contributed by atoms with van der Waals surface area (Å²) in [7, 11) is 1.64. The number of nitrogens with zero attached hydrogens (tertiary/aromatic N) is 1. The lowest BCUT2D eigenvalue weighted by atomic mass is 10.0. The average Bonchev–Trinajstić information content (AvgIpc) is 2.80. The highest BCUT2D eigenvalue weighted by Crippen LogP contribution is 2.32. The number of hydrogen-bond donors (Lipinski definition) is 0. The number of benzene rings is 1. The van der Waals surface area contributed by atoms with Crippen molar-refractivity contribution in [3.8, 4) is 16.9 Å². The fourth-order valence-electron chi connectivity index (χ4n) is 2.64. The van der Waals surface area contributed by atoms with E-state index in [9.17, 15) is 4.79 Å². The van der Waals surface area contributed by atoms with Crippen molar-refractivity contribution in [2.45, 2.75) is 6.92 Å². The molecule has 0 aliphatic rings. The Labute approximate surface area is 117 Å². The molecule has 3 nitrogen and oxygen atoms in total. The predicted octanol–water partition coefficient (Wildman–Crippen LogP) is 3.74. The molecule has 0 amide bonds. The molecule has 0 N–H and O–H groups in total. The van der Waals surface area contributed by atoms with E-state index in [4.69, 9.17) is 4.74 Å². The van der Waals surface area contributed by atoms with Gasteiger partial charge < -0.3 is 9.14 Å². The summed E-state index contributed by atoms with van der Waals surface area (Å²) >= 11 is 0. The molecule has 0 unspecified atom stereocenters. The Morgan fingerprint density at radius 1 is 1.10 bits per heavy atom. The molecule has 2 aromatic heterocycles. The summed E-state index contributed by atoms with van der Waals surface area (Å²) < 4.78 is 7.22. The van der Waals surface area contributed by atoms with Crippen LogP contribution in [0.5, 0.6) is 5.75 Å². The van der Waals surface area contributed by atoms with Crippen LogP contribution < -0.4 is 4.74 Å². The molecular formula is C17H15NO2. The second-order valence-corrected chi connectivity index (χ2v) is 4.68. The largest absolute Gasteiger partial charge is 0.497 e. The zero-order valence-electron chi connectivity index (χ0n) is 11.5. The number of fused-ring (bicyclic) bond motifs is 1. The van der Waals surface area contributed by atoms with Crippen LogP contribution in [0.3, 0.4) is 0 Å². The lowest BCUT2D eigenvalue weighted by molar-refractivity contribution is 0.112. The summed E-state index contributed by atoms with van der Waals surface area (Å²) in [6.45, 7) is 2.03. The molecule has 0 radical (unpaired) electrons. The van der Waals surface area contributed by atoms with Crippen LogP contribution in [-0.2, 0) is 0 Å². The minimum absolute atomic E-state index is 0.730. The number of carbonyl (C=O) groups excluding carboxylic acids is 1. The number of carbonyl (C=O) groups is 1. The van der Waals surface area contributed by atoms with Crippen molar-refractivity contribution in [2.75, 3.05) is 7.11 Å². The molecular weight excluding hydrogens is 250 g/mol. The molecule has 0 bridgehead atoms. The zero-order valence-corrected chi connectivity index (χ0v) is 11.5. The van der Waals surface area contributed by atoms with E-state index in [-0.39, 0.29) is 0 Å². The van der Waals surface area contributed by atoms with Crippen molar-refractivity contribution >= 4 is 11.8 Å². The molecule has 0 spiro atoms. The first-order valence-electron chi connectivity index (χ1n) is 6.45. The minimum Gasteiger partial charge on any atom is -0.497 e. The molecule has 2 heterocycles. The number of aryl methyl sites for hydroxylation is 1. The lowest BCUT2D eigenvalue weighted by Gasteiger charge is -2.04. The Balaban J connectivity index is 2.29. The molecule has 100 valence electrons. The normalized spacial score (nSPS) is 10.7. The van der Waals surface area contributed by atoms with Gasteiger partial charge in [0.2, 0.25) is 0 Å². The third kappa shape index (κ3) is 1.79. The number of ether oxygens (including phenoxy) is 1. The summed E-state index contributed by atoms with van der Waals surface area (Å²) in [6, 6.07) is 13.6. The Morgan fingerprint density at radius 3 is 2.50 bits per heavy atom. The Bertz CT molecular complexity index is 770. The summed E-state index contributed by atoms with van der Waals surface area (Å²) in [5.41, 5.74) is 4.73. The van der Waals surface area contributed by atoms with Crippen molar-refractivity contribution in [2.24, 2.45) is 0 Å². The molecule has 0 aliphatic heterocycles. The van der Waals surface area contributed by atoms with Crippen LogP contribution in [0.25, 0.3) is 16.6 Å². The molecule has 0 fully saturated rings. The van der Waals surface area contributed by atoms with Gasteiger partial charge in [-0.3, -0.25) is 4.79 Å². The van der Waals surface area contributed by atoms with Gasteiger partial charge in [0.15, 0.2) is 6.29 Å². The maximum atomic E-state index is 11.5. The number of aldehydes is 1.